The third kappa shape index (κ3) is 4.51. The first-order valence-corrected chi connectivity index (χ1v) is 7.35. The van der Waals surface area contributed by atoms with E-state index in [0.717, 1.165) is 23.8 Å². The Hall–Kier alpha value is -1.06. The Labute approximate surface area is 116 Å². The fourth-order valence-electron chi connectivity index (χ4n) is 2.32. The molecule has 0 saturated heterocycles. The van der Waals surface area contributed by atoms with Crippen LogP contribution in [-0.4, -0.2) is 19.8 Å². The van der Waals surface area contributed by atoms with Crippen molar-refractivity contribution in [1.29, 1.82) is 0 Å². The van der Waals surface area contributed by atoms with Crippen LogP contribution in [0.4, 0.5) is 0 Å². The molecule has 0 amide bonds. The van der Waals surface area contributed by atoms with E-state index in [2.05, 4.69) is 0 Å². The lowest BCUT2D eigenvalue weighted by Crippen LogP contribution is -2.19. The van der Waals surface area contributed by atoms with Gasteiger partial charge in [-0.15, -0.1) is 0 Å². The summed E-state index contributed by atoms with van der Waals surface area (Å²) in [4.78, 5) is 0. The first-order chi connectivity index (χ1) is 9.29. The fourth-order valence-corrected chi connectivity index (χ4v) is 2.32. The van der Waals surface area contributed by atoms with E-state index in [1.54, 1.807) is 0 Å². The Bertz CT molecular complexity index is 360. The van der Waals surface area contributed by atoms with E-state index >= 15 is 0 Å². The minimum atomic E-state index is -0.0444. The summed E-state index contributed by atoms with van der Waals surface area (Å²) in [5.41, 5.74) is 7.22. The number of ether oxygens (including phenoxy) is 2. The molecule has 1 aromatic carbocycles. The molecule has 2 N–H and O–H groups in total. The zero-order valence-corrected chi connectivity index (χ0v) is 11.8. The van der Waals surface area contributed by atoms with Crippen molar-refractivity contribution in [2.75, 3.05) is 19.8 Å². The maximum Gasteiger partial charge on any atom is 0.119 e. The number of benzene rings is 1. The van der Waals surface area contributed by atoms with Gasteiger partial charge < -0.3 is 15.2 Å². The van der Waals surface area contributed by atoms with Crippen LogP contribution < -0.4 is 10.5 Å². The lowest BCUT2D eigenvalue weighted by Gasteiger charge is -2.25. The molecule has 3 nitrogen and oxygen atoms in total. The molecule has 0 bridgehead atoms. The summed E-state index contributed by atoms with van der Waals surface area (Å²) in [7, 11) is 0. The van der Waals surface area contributed by atoms with Crippen LogP contribution in [0.1, 0.15) is 44.2 Å². The summed E-state index contributed by atoms with van der Waals surface area (Å²) in [5.74, 6) is 1.80. The van der Waals surface area contributed by atoms with Crippen LogP contribution in [0.25, 0.3) is 0 Å². The first kappa shape index (κ1) is 14.4. The van der Waals surface area contributed by atoms with Gasteiger partial charge in [-0.25, -0.2) is 0 Å². The van der Waals surface area contributed by atoms with Crippen molar-refractivity contribution >= 4 is 0 Å². The third-order valence-corrected chi connectivity index (χ3v) is 3.81. The molecular weight excluding hydrogens is 238 g/mol. The highest BCUT2D eigenvalue weighted by Crippen LogP contribution is 2.29. The molecule has 1 aliphatic carbocycles. The van der Waals surface area contributed by atoms with Crippen LogP contribution in [0.15, 0.2) is 24.3 Å². The van der Waals surface area contributed by atoms with E-state index in [4.69, 9.17) is 15.2 Å². The SMILES string of the molecule is CCOc1ccc(C(N)COCCC2CCC2)cc1. The normalized spacial score (nSPS) is 16.9. The Kier molecular flexibility index (Phi) is 5.67. The summed E-state index contributed by atoms with van der Waals surface area (Å²) in [6, 6.07) is 7.92. The molecule has 1 fully saturated rings. The highest BCUT2D eigenvalue weighted by Gasteiger charge is 2.16. The molecular formula is C16H25NO2. The van der Waals surface area contributed by atoms with Gasteiger partial charge in [0.2, 0.25) is 0 Å². The second-order valence-corrected chi connectivity index (χ2v) is 5.27. The molecule has 1 saturated carbocycles. The number of hydrogen-bond acceptors (Lipinski definition) is 3. The molecule has 0 aliphatic heterocycles. The molecule has 1 aliphatic rings. The van der Waals surface area contributed by atoms with Gasteiger partial charge in [0.15, 0.2) is 0 Å². The van der Waals surface area contributed by atoms with Gasteiger partial charge in [0, 0.05) is 6.61 Å². The second kappa shape index (κ2) is 7.51. The monoisotopic (exact) mass is 263 g/mol. The van der Waals surface area contributed by atoms with Gasteiger partial charge in [-0.1, -0.05) is 31.4 Å². The van der Waals surface area contributed by atoms with Gasteiger partial charge >= 0.3 is 0 Å². The van der Waals surface area contributed by atoms with E-state index in [-0.39, 0.29) is 6.04 Å². The molecule has 0 radical (unpaired) electrons. The van der Waals surface area contributed by atoms with Crippen molar-refractivity contribution in [2.24, 2.45) is 11.7 Å². The van der Waals surface area contributed by atoms with Gasteiger partial charge in [-0.3, -0.25) is 0 Å². The minimum absolute atomic E-state index is 0.0444. The third-order valence-electron chi connectivity index (χ3n) is 3.81. The zero-order valence-electron chi connectivity index (χ0n) is 11.8. The average molecular weight is 263 g/mol. The van der Waals surface area contributed by atoms with E-state index in [1.165, 1.54) is 25.7 Å². The van der Waals surface area contributed by atoms with Gasteiger partial charge in [0.25, 0.3) is 0 Å². The van der Waals surface area contributed by atoms with Crippen LogP contribution in [0.5, 0.6) is 5.75 Å². The molecule has 0 aromatic heterocycles. The van der Waals surface area contributed by atoms with Crippen molar-refractivity contribution < 1.29 is 9.47 Å². The molecule has 1 aromatic rings. The first-order valence-electron chi connectivity index (χ1n) is 7.35. The van der Waals surface area contributed by atoms with E-state index < -0.39 is 0 Å². The van der Waals surface area contributed by atoms with Crippen LogP contribution in [-0.2, 0) is 4.74 Å². The number of nitrogens with two attached hydrogens (primary N) is 1. The minimum Gasteiger partial charge on any atom is -0.494 e. The smallest absolute Gasteiger partial charge is 0.119 e. The zero-order chi connectivity index (χ0) is 13.5. The van der Waals surface area contributed by atoms with E-state index in [0.29, 0.717) is 13.2 Å². The fraction of sp³-hybridized carbons (Fsp3) is 0.625. The second-order valence-electron chi connectivity index (χ2n) is 5.27. The Morgan fingerprint density at radius 1 is 1.26 bits per heavy atom. The summed E-state index contributed by atoms with van der Waals surface area (Å²) in [5, 5.41) is 0. The highest BCUT2D eigenvalue weighted by molar-refractivity contribution is 5.29. The maximum absolute atomic E-state index is 6.12. The lowest BCUT2D eigenvalue weighted by molar-refractivity contribution is 0.0962. The summed E-state index contributed by atoms with van der Waals surface area (Å²) in [6.45, 7) is 4.11. The molecule has 0 heterocycles. The maximum atomic E-state index is 6.12. The van der Waals surface area contributed by atoms with Gasteiger partial charge in [-0.05, 0) is 37.0 Å². The summed E-state index contributed by atoms with van der Waals surface area (Å²) >= 11 is 0. The van der Waals surface area contributed by atoms with Crippen molar-refractivity contribution in [3.8, 4) is 5.75 Å². The Morgan fingerprint density at radius 3 is 2.58 bits per heavy atom. The van der Waals surface area contributed by atoms with Gasteiger partial charge in [0.1, 0.15) is 5.75 Å². The van der Waals surface area contributed by atoms with Crippen molar-refractivity contribution in [3.05, 3.63) is 29.8 Å². The topological polar surface area (TPSA) is 44.5 Å². The van der Waals surface area contributed by atoms with Crippen molar-refractivity contribution in [2.45, 2.75) is 38.6 Å². The molecule has 106 valence electrons. The van der Waals surface area contributed by atoms with Crippen LogP contribution in [0, 0.1) is 5.92 Å². The quantitative estimate of drug-likeness (QED) is 0.732. The number of hydrogen-bond donors (Lipinski definition) is 1. The Balaban J connectivity index is 1.67. The molecule has 19 heavy (non-hydrogen) atoms. The standard InChI is InChI=1S/C16H25NO2/c1-2-19-15-8-6-14(7-9-15)16(17)12-18-11-10-13-4-3-5-13/h6-9,13,16H,2-5,10-12,17H2,1H3. The Morgan fingerprint density at radius 2 is 2.00 bits per heavy atom. The molecule has 1 atom stereocenters. The molecule has 0 spiro atoms. The molecule has 3 heteroatoms. The molecule has 1 unspecified atom stereocenters. The van der Waals surface area contributed by atoms with Crippen LogP contribution >= 0.6 is 0 Å². The van der Waals surface area contributed by atoms with Gasteiger partial charge in [-0.2, -0.15) is 0 Å². The average Bonchev–Trinajstić information content (AvgIpc) is 2.37. The predicted octanol–water partition coefficient (Wildman–Crippen LogP) is 3.29. The van der Waals surface area contributed by atoms with Gasteiger partial charge in [0.05, 0.1) is 19.3 Å². The van der Waals surface area contributed by atoms with E-state index in [9.17, 15) is 0 Å². The van der Waals surface area contributed by atoms with Crippen molar-refractivity contribution in [3.63, 3.8) is 0 Å². The number of rotatable bonds is 8. The van der Waals surface area contributed by atoms with Crippen LogP contribution in [0.3, 0.4) is 0 Å². The molecule has 2 rings (SSSR count). The summed E-state index contributed by atoms with van der Waals surface area (Å²) in [6.07, 6.45) is 5.36. The van der Waals surface area contributed by atoms with E-state index in [1.807, 2.05) is 31.2 Å². The largest absolute Gasteiger partial charge is 0.494 e. The van der Waals surface area contributed by atoms with Crippen molar-refractivity contribution in [1.82, 2.24) is 0 Å². The summed E-state index contributed by atoms with van der Waals surface area (Å²) < 4.78 is 11.1. The predicted molar refractivity (Wildman–Crippen MR) is 77.3 cm³/mol. The van der Waals surface area contributed by atoms with Crippen LogP contribution in [0.2, 0.25) is 0 Å². The highest BCUT2D eigenvalue weighted by atomic mass is 16.5. The lowest BCUT2D eigenvalue weighted by atomic mass is 9.83.